The lowest BCUT2D eigenvalue weighted by atomic mass is 10.2. The molecule has 3 rings (SSSR count). The number of benzene rings is 2. The number of hydrogen-bond acceptors (Lipinski definition) is 4. The molecule has 30 heavy (non-hydrogen) atoms. The maximum atomic E-state index is 12.9. The molecule has 8 heteroatoms. The highest BCUT2D eigenvalue weighted by Gasteiger charge is 2.20. The normalized spacial score (nSPS) is 11.5. The van der Waals surface area contributed by atoms with E-state index in [1.165, 1.54) is 12.1 Å². The lowest BCUT2D eigenvalue weighted by Crippen LogP contribution is -2.13. The molecular weight excluding hydrogens is 424 g/mol. The van der Waals surface area contributed by atoms with Crippen LogP contribution in [0.5, 0.6) is 0 Å². The van der Waals surface area contributed by atoms with Crippen LogP contribution in [0.3, 0.4) is 0 Å². The zero-order chi connectivity index (χ0) is 22.1. The topological polar surface area (TPSA) is 88.4 Å². The summed E-state index contributed by atoms with van der Waals surface area (Å²) in [5, 5.41) is 12.9. The van der Waals surface area contributed by atoms with Crippen molar-refractivity contribution in [3.8, 4) is 5.69 Å². The first-order valence-electron chi connectivity index (χ1n) is 9.32. The molecule has 158 valence electrons. The molecule has 1 heterocycles. The van der Waals surface area contributed by atoms with Crippen LogP contribution in [0, 0.1) is 13.8 Å². The number of anilines is 1. The number of nitrogens with one attached hydrogen (secondary N) is 1. The van der Waals surface area contributed by atoms with Crippen molar-refractivity contribution in [2.75, 3.05) is 18.2 Å². The fourth-order valence-electron chi connectivity index (χ4n) is 3.39. The molecule has 0 aliphatic heterocycles. The Kier molecular flexibility index (Phi) is 6.36. The maximum Gasteiger partial charge on any atom is 0.257 e. The molecule has 2 aromatic carbocycles. The minimum atomic E-state index is -3.30. The van der Waals surface area contributed by atoms with Gasteiger partial charge in [0.1, 0.15) is 0 Å². The third-order valence-corrected chi connectivity index (χ3v) is 6.24. The van der Waals surface area contributed by atoms with Gasteiger partial charge in [-0.25, -0.2) is 8.42 Å². The number of carbonyl (C=O) groups excluding carboxylic acids is 1. The van der Waals surface area contributed by atoms with Gasteiger partial charge in [-0.3, -0.25) is 4.79 Å². The molecule has 0 bridgehead atoms. The SMILES string of the molecule is Cc1cc(Cl)ccc1-n1c(CCO)cc(C(=O)Nc2ccc(S(C)(=O)=O)cc2)c1C. The van der Waals surface area contributed by atoms with Gasteiger partial charge >= 0.3 is 0 Å². The Morgan fingerprint density at radius 2 is 1.77 bits per heavy atom. The number of aryl methyl sites for hydroxylation is 1. The van der Waals surface area contributed by atoms with Crippen LogP contribution in [0.4, 0.5) is 5.69 Å². The number of hydrogen-bond donors (Lipinski definition) is 2. The minimum absolute atomic E-state index is 0.0515. The summed E-state index contributed by atoms with van der Waals surface area (Å²) < 4.78 is 25.1. The second-order valence-corrected chi connectivity index (χ2v) is 9.58. The second-order valence-electron chi connectivity index (χ2n) is 7.13. The van der Waals surface area contributed by atoms with Crippen LogP contribution in [-0.2, 0) is 16.3 Å². The predicted molar refractivity (Wildman–Crippen MR) is 119 cm³/mol. The smallest absolute Gasteiger partial charge is 0.257 e. The minimum Gasteiger partial charge on any atom is -0.396 e. The molecule has 0 fully saturated rings. The van der Waals surface area contributed by atoms with Crippen molar-refractivity contribution in [1.82, 2.24) is 4.57 Å². The van der Waals surface area contributed by atoms with E-state index in [-0.39, 0.29) is 17.4 Å². The summed E-state index contributed by atoms with van der Waals surface area (Å²) in [7, 11) is -3.30. The molecule has 0 atom stereocenters. The number of sulfone groups is 1. The summed E-state index contributed by atoms with van der Waals surface area (Å²) in [6.07, 6.45) is 1.52. The van der Waals surface area contributed by atoms with Crippen LogP contribution < -0.4 is 5.32 Å². The van der Waals surface area contributed by atoms with Crippen molar-refractivity contribution < 1.29 is 18.3 Å². The van der Waals surface area contributed by atoms with Gasteiger partial charge in [-0.1, -0.05) is 11.6 Å². The fourth-order valence-corrected chi connectivity index (χ4v) is 4.25. The van der Waals surface area contributed by atoms with Gasteiger partial charge in [-0.2, -0.15) is 0 Å². The summed E-state index contributed by atoms with van der Waals surface area (Å²) in [5.41, 5.74) is 4.33. The summed E-state index contributed by atoms with van der Waals surface area (Å²) in [6, 6.07) is 13.3. The van der Waals surface area contributed by atoms with E-state index in [0.717, 1.165) is 28.9 Å². The Hall–Kier alpha value is -2.61. The second kappa shape index (κ2) is 8.63. The molecule has 1 aromatic heterocycles. The number of aromatic nitrogens is 1. The van der Waals surface area contributed by atoms with Gasteiger partial charge in [-0.15, -0.1) is 0 Å². The Morgan fingerprint density at radius 1 is 1.10 bits per heavy atom. The molecule has 0 unspecified atom stereocenters. The number of aliphatic hydroxyl groups is 1. The Balaban J connectivity index is 1.97. The molecule has 0 saturated carbocycles. The zero-order valence-corrected chi connectivity index (χ0v) is 18.5. The van der Waals surface area contributed by atoms with Crippen LogP contribution in [-0.4, -0.2) is 36.9 Å². The summed E-state index contributed by atoms with van der Waals surface area (Å²) in [4.78, 5) is 13.1. The van der Waals surface area contributed by atoms with Crippen LogP contribution in [0.25, 0.3) is 5.69 Å². The number of carbonyl (C=O) groups is 1. The molecule has 0 radical (unpaired) electrons. The molecule has 0 aliphatic carbocycles. The van der Waals surface area contributed by atoms with Crippen molar-refractivity contribution in [3.63, 3.8) is 0 Å². The van der Waals surface area contributed by atoms with E-state index in [9.17, 15) is 18.3 Å². The molecule has 1 amide bonds. The highest BCUT2D eigenvalue weighted by Crippen LogP contribution is 2.27. The van der Waals surface area contributed by atoms with Crippen molar-refractivity contribution >= 4 is 33.0 Å². The first kappa shape index (κ1) is 22.1. The van der Waals surface area contributed by atoms with Crippen LogP contribution in [0.2, 0.25) is 5.02 Å². The van der Waals surface area contributed by atoms with Crippen molar-refractivity contribution in [1.29, 1.82) is 0 Å². The third kappa shape index (κ3) is 4.59. The van der Waals surface area contributed by atoms with Gasteiger partial charge in [0.25, 0.3) is 5.91 Å². The molecular formula is C22H23ClN2O4S. The lowest BCUT2D eigenvalue weighted by molar-refractivity contribution is 0.102. The van der Waals surface area contributed by atoms with E-state index in [2.05, 4.69) is 5.32 Å². The highest BCUT2D eigenvalue weighted by atomic mass is 35.5. The Labute approximate surface area is 181 Å². The van der Waals surface area contributed by atoms with Gasteiger partial charge in [0.15, 0.2) is 9.84 Å². The average Bonchev–Trinajstić information content (AvgIpc) is 2.98. The van der Waals surface area contributed by atoms with Crippen molar-refractivity contribution in [3.05, 3.63) is 76.1 Å². The number of amides is 1. The average molecular weight is 447 g/mol. The molecule has 0 saturated heterocycles. The zero-order valence-electron chi connectivity index (χ0n) is 16.9. The number of nitrogens with zero attached hydrogens (tertiary/aromatic N) is 1. The Bertz CT molecular complexity index is 1200. The third-order valence-electron chi connectivity index (χ3n) is 4.88. The highest BCUT2D eigenvalue weighted by molar-refractivity contribution is 7.90. The molecule has 3 aromatic rings. The molecule has 2 N–H and O–H groups in total. The largest absolute Gasteiger partial charge is 0.396 e. The number of rotatable bonds is 6. The quantitative estimate of drug-likeness (QED) is 0.600. The molecule has 0 aliphatic rings. The van der Waals surface area contributed by atoms with Gasteiger partial charge in [0, 0.05) is 47.1 Å². The molecule has 0 spiro atoms. The van der Waals surface area contributed by atoms with Gasteiger partial charge in [0.2, 0.25) is 0 Å². The van der Waals surface area contributed by atoms with Crippen LogP contribution in [0.1, 0.15) is 27.3 Å². The molecule has 6 nitrogen and oxygen atoms in total. The van der Waals surface area contributed by atoms with E-state index in [0.29, 0.717) is 22.7 Å². The van der Waals surface area contributed by atoms with Gasteiger partial charge in [-0.05, 0) is 67.9 Å². The van der Waals surface area contributed by atoms with Crippen molar-refractivity contribution in [2.24, 2.45) is 0 Å². The maximum absolute atomic E-state index is 12.9. The van der Waals surface area contributed by atoms with E-state index < -0.39 is 9.84 Å². The summed E-state index contributed by atoms with van der Waals surface area (Å²) in [6.45, 7) is 3.73. The lowest BCUT2D eigenvalue weighted by Gasteiger charge is -2.14. The summed E-state index contributed by atoms with van der Waals surface area (Å²) in [5.74, 6) is -0.316. The van der Waals surface area contributed by atoms with Gasteiger partial charge < -0.3 is 15.0 Å². The van der Waals surface area contributed by atoms with Crippen LogP contribution in [0.15, 0.2) is 53.4 Å². The number of halogens is 1. The van der Waals surface area contributed by atoms with Gasteiger partial charge in [0.05, 0.1) is 10.5 Å². The van der Waals surface area contributed by atoms with Crippen molar-refractivity contribution in [2.45, 2.75) is 25.2 Å². The van der Waals surface area contributed by atoms with Crippen LogP contribution >= 0.6 is 11.6 Å². The standard InChI is InChI=1S/C22H23ClN2O4S/c1-14-12-16(23)4-9-21(14)25-15(2)20(13-18(25)10-11-26)22(27)24-17-5-7-19(8-6-17)30(3,28)29/h4-9,12-13,26H,10-11H2,1-3H3,(H,24,27). The number of aliphatic hydroxyl groups excluding tert-OH is 1. The predicted octanol–water partition coefficient (Wildman–Crippen LogP) is 3.94. The Morgan fingerprint density at radius 3 is 2.33 bits per heavy atom. The first-order chi connectivity index (χ1) is 14.1. The van der Waals surface area contributed by atoms with E-state index in [1.54, 1.807) is 24.3 Å². The monoisotopic (exact) mass is 446 g/mol. The fraction of sp³-hybridized carbons (Fsp3) is 0.227. The van der Waals surface area contributed by atoms with E-state index in [1.807, 2.05) is 30.5 Å². The first-order valence-corrected chi connectivity index (χ1v) is 11.6. The van der Waals surface area contributed by atoms with E-state index in [4.69, 9.17) is 11.6 Å². The van der Waals surface area contributed by atoms with E-state index >= 15 is 0 Å². The summed E-state index contributed by atoms with van der Waals surface area (Å²) >= 11 is 6.08.